The van der Waals surface area contributed by atoms with Gasteiger partial charge < -0.3 is 13.3 Å². The van der Waals surface area contributed by atoms with Crippen molar-refractivity contribution in [2.24, 2.45) is 0 Å². The Kier molecular flexibility index (Phi) is 6.27. The molecule has 1 saturated heterocycles. The van der Waals surface area contributed by atoms with Gasteiger partial charge in [-0.15, -0.1) is 0 Å². The summed E-state index contributed by atoms with van der Waals surface area (Å²) in [4.78, 5) is 0. The van der Waals surface area contributed by atoms with Gasteiger partial charge in [-0.3, -0.25) is 16.0 Å². The second kappa shape index (κ2) is 11.2. The number of para-hydroxylation sites is 4. The van der Waals surface area contributed by atoms with Crippen LogP contribution in [0.15, 0.2) is 165 Å². The Balaban J connectivity index is 1.02. The standard InChI is InChI=1S/C45H31N3O3/c1-2-10-26(11-3-1)43-46-44(48-45(47-43)34-17-9-16-33-31-13-5-7-19-38(31)51-42(33)34)28-21-23-40-36(25-28)35-24-27(20-22-39(35)49-40)29-14-8-15-32-30-12-4-6-18-37(30)50-41(29)32/h1-25,43-48H. The molecule has 3 unspecified atom stereocenters. The van der Waals surface area contributed by atoms with Crippen molar-refractivity contribution in [2.45, 2.75) is 18.5 Å². The van der Waals surface area contributed by atoms with Crippen LogP contribution in [0.3, 0.4) is 0 Å². The molecule has 6 nitrogen and oxygen atoms in total. The van der Waals surface area contributed by atoms with Gasteiger partial charge in [0.25, 0.3) is 0 Å². The van der Waals surface area contributed by atoms with E-state index in [0.29, 0.717) is 0 Å². The number of furan rings is 3. The van der Waals surface area contributed by atoms with E-state index in [1.165, 1.54) is 0 Å². The number of hydrogen-bond donors (Lipinski definition) is 3. The summed E-state index contributed by atoms with van der Waals surface area (Å²) in [7, 11) is 0. The fourth-order valence-electron chi connectivity index (χ4n) is 7.97. The van der Waals surface area contributed by atoms with Crippen molar-refractivity contribution in [3.05, 3.63) is 168 Å². The SMILES string of the molecule is c1ccc(C2NC(c3ccc4oc5ccc(-c6cccc7c6oc6ccccc67)cc5c4c3)NC(c3cccc4c3oc3ccccc34)N2)cc1. The van der Waals surface area contributed by atoms with Crippen molar-refractivity contribution < 1.29 is 13.3 Å². The second-order valence-electron chi connectivity index (χ2n) is 13.4. The molecule has 10 aromatic rings. The van der Waals surface area contributed by atoms with Crippen molar-refractivity contribution in [3.63, 3.8) is 0 Å². The minimum atomic E-state index is -0.196. The summed E-state index contributed by atoms with van der Waals surface area (Å²) in [6.45, 7) is 0. The Morgan fingerprint density at radius 3 is 1.71 bits per heavy atom. The summed E-state index contributed by atoms with van der Waals surface area (Å²) in [6.07, 6.45) is -0.490. The second-order valence-corrected chi connectivity index (χ2v) is 13.4. The van der Waals surface area contributed by atoms with Crippen LogP contribution < -0.4 is 16.0 Å². The first-order valence-corrected chi connectivity index (χ1v) is 17.4. The van der Waals surface area contributed by atoms with Gasteiger partial charge in [-0.2, -0.15) is 0 Å². The molecule has 11 rings (SSSR count). The van der Waals surface area contributed by atoms with E-state index in [9.17, 15) is 0 Å². The summed E-state index contributed by atoms with van der Waals surface area (Å²) >= 11 is 0. The smallest absolute Gasteiger partial charge is 0.143 e. The molecular weight excluding hydrogens is 631 g/mol. The lowest BCUT2D eigenvalue weighted by Gasteiger charge is -2.39. The molecule has 1 aliphatic rings. The third-order valence-electron chi connectivity index (χ3n) is 10.4. The lowest BCUT2D eigenvalue weighted by molar-refractivity contribution is 0.203. The van der Waals surface area contributed by atoms with Gasteiger partial charge >= 0.3 is 0 Å². The molecule has 1 aliphatic heterocycles. The quantitative estimate of drug-likeness (QED) is 0.174. The van der Waals surface area contributed by atoms with E-state index < -0.39 is 0 Å². The van der Waals surface area contributed by atoms with Crippen LogP contribution in [0, 0.1) is 0 Å². The highest BCUT2D eigenvalue weighted by Gasteiger charge is 2.31. The van der Waals surface area contributed by atoms with Crippen LogP contribution in [0.4, 0.5) is 0 Å². The Bertz CT molecular complexity index is 2940. The van der Waals surface area contributed by atoms with E-state index in [1.54, 1.807) is 0 Å². The topological polar surface area (TPSA) is 75.5 Å². The van der Waals surface area contributed by atoms with Gasteiger partial charge in [-0.25, -0.2) is 0 Å². The summed E-state index contributed by atoms with van der Waals surface area (Å²) in [5.74, 6) is 0. The zero-order valence-corrected chi connectivity index (χ0v) is 27.4. The van der Waals surface area contributed by atoms with Crippen molar-refractivity contribution in [2.75, 3.05) is 0 Å². The van der Waals surface area contributed by atoms with Crippen molar-refractivity contribution in [1.82, 2.24) is 16.0 Å². The van der Waals surface area contributed by atoms with Gasteiger partial charge in [-0.1, -0.05) is 115 Å². The number of benzene rings is 7. The zero-order chi connectivity index (χ0) is 33.5. The van der Waals surface area contributed by atoms with E-state index in [-0.39, 0.29) is 18.5 Å². The average Bonchev–Trinajstić information content (AvgIpc) is 3.89. The molecule has 0 amide bonds. The van der Waals surface area contributed by atoms with E-state index >= 15 is 0 Å². The molecule has 51 heavy (non-hydrogen) atoms. The first-order valence-electron chi connectivity index (χ1n) is 17.4. The monoisotopic (exact) mass is 661 g/mol. The highest BCUT2D eigenvalue weighted by molar-refractivity contribution is 6.11. The van der Waals surface area contributed by atoms with Crippen LogP contribution in [-0.4, -0.2) is 0 Å². The molecule has 1 fully saturated rings. The predicted octanol–water partition coefficient (Wildman–Crippen LogP) is 11.2. The van der Waals surface area contributed by atoms with Gasteiger partial charge in [0.05, 0.1) is 18.5 Å². The van der Waals surface area contributed by atoms with Crippen molar-refractivity contribution in [1.29, 1.82) is 0 Å². The fourth-order valence-corrected chi connectivity index (χ4v) is 7.97. The lowest BCUT2D eigenvalue weighted by atomic mass is 9.99. The minimum absolute atomic E-state index is 0.116. The van der Waals surface area contributed by atoms with Crippen molar-refractivity contribution >= 4 is 65.8 Å². The normalized spacial score (nSPS) is 18.2. The maximum absolute atomic E-state index is 6.49. The molecule has 0 aliphatic carbocycles. The van der Waals surface area contributed by atoms with Crippen LogP contribution in [0.25, 0.3) is 76.9 Å². The van der Waals surface area contributed by atoms with E-state index in [0.717, 1.165) is 93.6 Å². The molecule has 4 heterocycles. The van der Waals surface area contributed by atoms with Crippen molar-refractivity contribution in [3.8, 4) is 11.1 Å². The maximum Gasteiger partial charge on any atom is 0.143 e. The average molecular weight is 662 g/mol. The summed E-state index contributed by atoms with van der Waals surface area (Å²) in [5.41, 5.74) is 10.7. The number of hydrogen-bond acceptors (Lipinski definition) is 6. The molecule has 6 heteroatoms. The molecule has 7 aromatic carbocycles. The Labute approximate surface area is 292 Å². The van der Waals surface area contributed by atoms with E-state index in [4.69, 9.17) is 13.3 Å². The molecule has 0 spiro atoms. The van der Waals surface area contributed by atoms with Gasteiger partial charge in [0.2, 0.25) is 0 Å². The van der Waals surface area contributed by atoms with Crippen LogP contribution in [0.5, 0.6) is 0 Å². The Hall–Kier alpha value is -6.18. The summed E-state index contributed by atoms with van der Waals surface area (Å²) in [5, 5.41) is 18.1. The third-order valence-corrected chi connectivity index (χ3v) is 10.4. The molecule has 0 radical (unpaired) electrons. The van der Waals surface area contributed by atoms with E-state index in [2.05, 4.69) is 143 Å². The first-order chi connectivity index (χ1) is 25.2. The predicted molar refractivity (Wildman–Crippen MR) is 204 cm³/mol. The number of nitrogens with one attached hydrogen (secondary N) is 3. The molecule has 3 atom stereocenters. The van der Waals surface area contributed by atoms with Gasteiger partial charge in [0, 0.05) is 43.4 Å². The highest BCUT2D eigenvalue weighted by Crippen LogP contribution is 2.40. The number of fused-ring (bicyclic) bond motifs is 9. The Morgan fingerprint density at radius 1 is 0.353 bits per heavy atom. The summed E-state index contributed by atoms with van der Waals surface area (Å²) in [6, 6.07) is 52.7. The zero-order valence-electron chi connectivity index (χ0n) is 27.4. The molecule has 3 aromatic heterocycles. The first kappa shape index (κ1) is 28.6. The van der Waals surface area contributed by atoms with Crippen LogP contribution in [0.2, 0.25) is 0 Å². The molecular formula is C45H31N3O3. The van der Waals surface area contributed by atoms with Gasteiger partial charge in [0.1, 0.15) is 33.5 Å². The number of rotatable bonds is 4. The maximum atomic E-state index is 6.49. The van der Waals surface area contributed by atoms with E-state index in [1.807, 2.05) is 24.3 Å². The molecule has 3 N–H and O–H groups in total. The minimum Gasteiger partial charge on any atom is -0.456 e. The summed E-state index contributed by atoms with van der Waals surface area (Å²) < 4.78 is 19.3. The molecule has 0 saturated carbocycles. The van der Waals surface area contributed by atoms with Crippen LogP contribution in [0.1, 0.15) is 35.2 Å². The highest BCUT2D eigenvalue weighted by atomic mass is 16.3. The Morgan fingerprint density at radius 2 is 0.922 bits per heavy atom. The van der Waals surface area contributed by atoms with Gasteiger partial charge in [-0.05, 0) is 53.1 Å². The van der Waals surface area contributed by atoms with Gasteiger partial charge in [0.15, 0.2) is 0 Å². The third kappa shape index (κ3) is 4.55. The van der Waals surface area contributed by atoms with Crippen LogP contribution >= 0.6 is 0 Å². The molecule has 244 valence electrons. The lowest BCUT2D eigenvalue weighted by Crippen LogP contribution is -2.54. The fraction of sp³-hybridized carbons (Fsp3) is 0.0667. The largest absolute Gasteiger partial charge is 0.456 e. The van der Waals surface area contributed by atoms with Crippen LogP contribution in [-0.2, 0) is 0 Å². The molecule has 0 bridgehead atoms.